The van der Waals surface area contributed by atoms with Gasteiger partial charge in [-0.05, 0) is 31.0 Å². The standard InChI is InChI=1S/C15H16FN3O/c1-2-19-7-6-17-14(19)15(20)18-13-9-12(13)10-4-3-5-11(16)8-10/h3-8,12-13H,2,9H2,1H3,(H,18,20)/t12-,13+/m0/s1. The first-order valence-corrected chi connectivity index (χ1v) is 6.76. The summed E-state index contributed by atoms with van der Waals surface area (Å²) in [6, 6.07) is 6.63. The summed E-state index contributed by atoms with van der Waals surface area (Å²) in [7, 11) is 0. The molecule has 0 spiro atoms. The Balaban J connectivity index is 1.65. The fourth-order valence-corrected chi connectivity index (χ4v) is 2.47. The molecule has 0 radical (unpaired) electrons. The Morgan fingerprint density at radius 3 is 3.15 bits per heavy atom. The lowest BCUT2D eigenvalue weighted by molar-refractivity contribution is 0.0935. The summed E-state index contributed by atoms with van der Waals surface area (Å²) in [4.78, 5) is 16.2. The number of amides is 1. The molecule has 1 aliphatic carbocycles. The third-order valence-corrected chi connectivity index (χ3v) is 3.64. The zero-order valence-electron chi connectivity index (χ0n) is 11.2. The van der Waals surface area contributed by atoms with Gasteiger partial charge in [-0.15, -0.1) is 0 Å². The number of carbonyl (C=O) groups is 1. The largest absolute Gasteiger partial charge is 0.346 e. The van der Waals surface area contributed by atoms with E-state index < -0.39 is 0 Å². The number of halogens is 1. The second-order valence-electron chi connectivity index (χ2n) is 5.01. The van der Waals surface area contributed by atoms with E-state index in [0.717, 1.165) is 12.0 Å². The van der Waals surface area contributed by atoms with E-state index in [2.05, 4.69) is 10.3 Å². The van der Waals surface area contributed by atoms with Gasteiger partial charge in [-0.2, -0.15) is 0 Å². The van der Waals surface area contributed by atoms with Crippen molar-refractivity contribution < 1.29 is 9.18 Å². The highest BCUT2D eigenvalue weighted by atomic mass is 19.1. The number of aromatic nitrogens is 2. The first kappa shape index (κ1) is 12.8. The van der Waals surface area contributed by atoms with Crippen LogP contribution < -0.4 is 5.32 Å². The number of aryl methyl sites for hydroxylation is 1. The maximum absolute atomic E-state index is 13.2. The minimum atomic E-state index is -0.235. The van der Waals surface area contributed by atoms with Crippen LogP contribution in [0.1, 0.15) is 35.4 Å². The highest BCUT2D eigenvalue weighted by Gasteiger charge is 2.40. The van der Waals surface area contributed by atoms with Crippen molar-refractivity contribution in [1.29, 1.82) is 0 Å². The van der Waals surface area contributed by atoms with Gasteiger partial charge < -0.3 is 9.88 Å². The Hall–Kier alpha value is -2.17. The van der Waals surface area contributed by atoms with Crippen molar-refractivity contribution in [2.75, 3.05) is 0 Å². The Morgan fingerprint density at radius 1 is 1.55 bits per heavy atom. The second-order valence-corrected chi connectivity index (χ2v) is 5.01. The van der Waals surface area contributed by atoms with Gasteiger partial charge in [0.15, 0.2) is 5.82 Å². The number of hydrogen-bond donors (Lipinski definition) is 1. The van der Waals surface area contributed by atoms with E-state index in [0.29, 0.717) is 12.4 Å². The molecular formula is C15H16FN3O. The van der Waals surface area contributed by atoms with Gasteiger partial charge in [-0.25, -0.2) is 9.37 Å². The zero-order valence-corrected chi connectivity index (χ0v) is 11.2. The lowest BCUT2D eigenvalue weighted by Gasteiger charge is -2.06. The van der Waals surface area contributed by atoms with E-state index in [1.165, 1.54) is 12.1 Å². The molecule has 1 heterocycles. The minimum Gasteiger partial charge on any atom is -0.346 e. The smallest absolute Gasteiger partial charge is 0.287 e. The SMILES string of the molecule is CCn1ccnc1C(=O)N[C@@H]1C[C@H]1c1cccc(F)c1. The summed E-state index contributed by atoms with van der Waals surface area (Å²) in [5.41, 5.74) is 0.939. The highest BCUT2D eigenvalue weighted by molar-refractivity contribution is 5.91. The number of nitrogens with one attached hydrogen (secondary N) is 1. The lowest BCUT2D eigenvalue weighted by Crippen LogP contribution is -2.29. The van der Waals surface area contributed by atoms with Gasteiger partial charge in [0.25, 0.3) is 5.91 Å². The van der Waals surface area contributed by atoms with Crippen LogP contribution in [0, 0.1) is 5.82 Å². The van der Waals surface area contributed by atoms with Crippen molar-refractivity contribution in [2.45, 2.75) is 31.8 Å². The summed E-state index contributed by atoms with van der Waals surface area (Å²) in [5, 5.41) is 2.95. The Morgan fingerprint density at radius 2 is 2.40 bits per heavy atom. The van der Waals surface area contributed by atoms with E-state index in [9.17, 15) is 9.18 Å². The normalized spacial score (nSPS) is 20.7. The maximum Gasteiger partial charge on any atom is 0.287 e. The second kappa shape index (κ2) is 5.07. The average Bonchev–Trinajstić information content (AvgIpc) is 3.02. The number of hydrogen-bond acceptors (Lipinski definition) is 2. The number of benzene rings is 1. The number of nitrogens with zero attached hydrogens (tertiary/aromatic N) is 2. The molecule has 2 aromatic rings. The van der Waals surface area contributed by atoms with Crippen LogP contribution in [0.4, 0.5) is 4.39 Å². The molecular weight excluding hydrogens is 257 g/mol. The Bertz CT molecular complexity index is 638. The Kier molecular flexibility index (Phi) is 3.26. The third kappa shape index (κ3) is 2.43. The summed E-state index contributed by atoms with van der Waals surface area (Å²) in [6.45, 7) is 2.67. The molecule has 1 fully saturated rings. The molecule has 3 rings (SSSR count). The van der Waals surface area contributed by atoms with Crippen molar-refractivity contribution in [2.24, 2.45) is 0 Å². The maximum atomic E-state index is 13.2. The predicted octanol–water partition coefficient (Wildman–Crippen LogP) is 2.33. The molecule has 104 valence electrons. The van der Waals surface area contributed by atoms with Crippen LogP contribution in [0.15, 0.2) is 36.7 Å². The molecule has 20 heavy (non-hydrogen) atoms. The molecule has 1 aromatic heterocycles. The fraction of sp³-hybridized carbons (Fsp3) is 0.333. The molecule has 1 saturated carbocycles. The van der Waals surface area contributed by atoms with E-state index in [1.54, 1.807) is 23.0 Å². The lowest BCUT2D eigenvalue weighted by atomic mass is 10.1. The molecule has 0 saturated heterocycles. The zero-order chi connectivity index (χ0) is 14.1. The monoisotopic (exact) mass is 273 g/mol. The number of imidazole rings is 1. The molecule has 1 aliphatic rings. The minimum absolute atomic E-state index is 0.0753. The van der Waals surface area contributed by atoms with Gasteiger partial charge in [0, 0.05) is 30.9 Å². The first-order valence-electron chi connectivity index (χ1n) is 6.76. The van der Waals surface area contributed by atoms with Crippen molar-refractivity contribution in [3.63, 3.8) is 0 Å². The van der Waals surface area contributed by atoms with Crippen LogP contribution in [-0.4, -0.2) is 21.5 Å². The summed E-state index contributed by atoms with van der Waals surface area (Å²) < 4.78 is 15.0. The van der Waals surface area contributed by atoms with Gasteiger partial charge in [-0.1, -0.05) is 12.1 Å². The van der Waals surface area contributed by atoms with Crippen molar-refractivity contribution in [3.05, 3.63) is 53.9 Å². The number of carbonyl (C=O) groups excluding carboxylic acids is 1. The molecule has 1 aromatic carbocycles. The predicted molar refractivity (Wildman–Crippen MR) is 72.9 cm³/mol. The molecule has 0 unspecified atom stereocenters. The molecule has 1 amide bonds. The van der Waals surface area contributed by atoms with Crippen LogP contribution in [0.25, 0.3) is 0 Å². The quantitative estimate of drug-likeness (QED) is 0.929. The van der Waals surface area contributed by atoms with Crippen LogP contribution in [0.3, 0.4) is 0 Å². The van der Waals surface area contributed by atoms with Gasteiger partial charge >= 0.3 is 0 Å². The van der Waals surface area contributed by atoms with Crippen LogP contribution in [-0.2, 0) is 6.54 Å². The van der Waals surface area contributed by atoms with Crippen molar-refractivity contribution in [1.82, 2.24) is 14.9 Å². The molecule has 4 nitrogen and oxygen atoms in total. The van der Waals surface area contributed by atoms with Crippen molar-refractivity contribution >= 4 is 5.91 Å². The number of rotatable bonds is 4. The van der Waals surface area contributed by atoms with Crippen molar-refractivity contribution in [3.8, 4) is 0 Å². The van der Waals surface area contributed by atoms with E-state index in [4.69, 9.17) is 0 Å². The summed E-state index contributed by atoms with van der Waals surface area (Å²) in [6.07, 6.45) is 4.25. The molecule has 0 aliphatic heterocycles. The van der Waals surface area contributed by atoms with E-state index in [1.807, 2.05) is 13.0 Å². The van der Waals surface area contributed by atoms with Gasteiger partial charge in [0.05, 0.1) is 0 Å². The van der Waals surface area contributed by atoms with Crippen LogP contribution in [0.2, 0.25) is 0 Å². The fourth-order valence-electron chi connectivity index (χ4n) is 2.47. The van der Waals surface area contributed by atoms with Crippen LogP contribution >= 0.6 is 0 Å². The molecule has 1 N–H and O–H groups in total. The molecule has 2 atom stereocenters. The average molecular weight is 273 g/mol. The van der Waals surface area contributed by atoms with Gasteiger partial charge in [0.2, 0.25) is 0 Å². The van der Waals surface area contributed by atoms with E-state index in [-0.39, 0.29) is 23.7 Å². The van der Waals surface area contributed by atoms with Gasteiger partial charge in [-0.3, -0.25) is 4.79 Å². The Labute approximate surface area is 116 Å². The molecule has 5 heteroatoms. The summed E-state index contributed by atoms with van der Waals surface area (Å²) >= 11 is 0. The summed E-state index contributed by atoms with van der Waals surface area (Å²) in [5.74, 6) is 0.235. The van der Waals surface area contributed by atoms with E-state index >= 15 is 0 Å². The highest BCUT2D eigenvalue weighted by Crippen LogP contribution is 2.40. The van der Waals surface area contributed by atoms with Gasteiger partial charge in [0.1, 0.15) is 5.82 Å². The van der Waals surface area contributed by atoms with Crippen LogP contribution in [0.5, 0.6) is 0 Å². The topological polar surface area (TPSA) is 46.9 Å². The third-order valence-electron chi connectivity index (χ3n) is 3.64. The first-order chi connectivity index (χ1) is 9.69. The molecule has 0 bridgehead atoms.